The molecule has 7 heteroatoms. The van der Waals surface area contributed by atoms with Gasteiger partial charge >= 0.3 is 0 Å². The molecule has 7 nitrogen and oxygen atoms in total. The van der Waals surface area contributed by atoms with Crippen molar-refractivity contribution in [3.05, 3.63) is 18.1 Å². The number of likely N-dealkylation sites (tertiary alicyclic amines) is 1. The number of anilines is 1. The first-order valence-corrected chi connectivity index (χ1v) is 8.03. The molecule has 0 bridgehead atoms. The summed E-state index contributed by atoms with van der Waals surface area (Å²) in [6, 6.07) is 0.0915. The van der Waals surface area contributed by atoms with Crippen molar-refractivity contribution < 1.29 is 4.79 Å². The van der Waals surface area contributed by atoms with Gasteiger partial charge in [-0.1, -0.05) is 0 Å². The molecule has 118 valence electrons. The Kier molecular flexibility index (Phi) is 3.46. The van der Waals surface area contributed by atoms with Gasteiger partial charge in [-0.15, -0.1) is 0 Å². The van der Waals surface area contributed by atoms with E-state index in [1.807, 2.05) is 0 Å². The van der Waals surface area contributed by atoms with Crippen molar-refractivity contribution in [1.29, 1.82) is 0 Å². The molecule has 3 fully saturated rings. The standard InChI is InChI=1S/C15H22N6O/c16-12-1-2-20(9-12)15(22)13-5-19-14(6-18-13)21-7-10-3-17-4-11(10)8-21/h5-6,10-12,17H,1-4,7-9,16H2/t10-,11+,12?. The minimum absolute atomic E-state index is 0.0607. The molecule has 3 N–H and O–H groups in total. The highest BCUT2D eigenvalue weighted by atomic mass is 16.2. The summed E-state index contributed by atoms with van der Waals surface area (Å²) in [7, 11) is 0. The Hall–Kier alpha value is -1.73. The molecule has 3 saturated heterocycles. The number of nitrogens with one attached hydrogen (secondary N) is 1. The molecular formula is C15H22N6O. The third kappa shape index (κ3) is 2.44. The number of carbonyl (C=O) groups excluding carboxylic acids is 1. The lowest BCUT2D eigenvalue weighted by Crippen LogP contribution is -2.32. The number of aromatic nitrogens is 2. The molecule has 1 aromatic rings. The topological polar surface area (TPSA) is 87.4 Å². The largest absolute Gasteiger partial charge is 0.355 e. The van der Waals surface area contributed by atoms with Crippen LogP contribution in [0.1, 0.15) is 16.9 Å². The minimum atomic E-state index is -0.0607. The Morgan fingerprint density at radius 2 is 1.95 bits per heavy atom. The minimum Gasteiger partial charge on any atom is -0.355 e. The van der Waals surface area contributed by atoms with E-state index in [0.29, 0.717) is 30.6 Å². The maximum absolute atomic E-state index is 12.3. The van der Waals surface area contributed by atoms with Crippen LogP contribution in [0.3, 0.4) is 0 Å². The van der Waals surface area contributed by atoms with Crippen LogP contribution >= 0.6 is 0 Å². The molecule has 4 heterocycles. The summed E-state index contributed by atoms with van der Waals surface area (Å²) >= 11 is 0. The third-order valence-electron chi connectivity index (χ3n) is 5.08. The molecule has 0 aliphatic carbocycles. The smallest absolute Gasteiger partial charge is 0.274 e. The Labute approximate surface area is 129 Å². The highest BCUT2D eigenvalue weighted by Gasteiger charge is 2.36. The summed E-state index contributed by atoms with van der Waals surface area (Å²) in [6.45, 7) is 5.58. The zero-order chi connectivity index (χ0) is 15.1. The van der Waals surface area contributed by atoms with Crippen molar-refractivity contribution in [2.24, 2.45) is 17.6 Å². The van der Waals surface area contributed by atoms with Crippen LogP contribution in [-0.4, -0.2) is 66.1 Å². The molecule has 3 aliphatic rings. The first-order valence-electron chi connectivity index (χ1n) is 8.03. The summed E-state index contributed by atoms with van der Waals surface area (Å²) in [5.74, 6) is 2.25. The molecule has 3 aliphatic heterocycles. The van der Waals surface area contributed by atoms with Gasteiger partial charge < -0.3 is 20.9 Å². The normalized spacial score (nSPS) is 30.9. The van der Waals surface area contributed by atoms with Gasteiger partial charge in [-0.05, 0) is 18.3 Å². The van der Waals surface area contributed by atoms with Gasteiger partial charge in [-0.25, -0.2) is 9.97 Å². The highest BCUT2D eigenvalue weighted by molar-refractivity contribution is 5.92. The van der Waals surface area contributed by atoms with Gasteiger partial charge in [0.2, 0.25) is 0 Å². The zero-order valence-electron chi connectivity index (χ0n) is 12.6. The molecule has 0 spiro atoms. The number of carbonyl (C=O) groups is 1. The Morgan fingerprint density at radius 1 is 1.18 bits per heavy atom. The van der Waals surface area contributed by atoms with E-state index in [9.17, 15) is 4.79 Å². The third-order valence-corrected chi connectivity index (χ3v) is 5.08. The summed E-state index contributed by atoms with van der Waals surface area (Å²) in [5, 5.41) is 3.43. The number of hydrogen-bond acceptors (Lipinski definition) is 6. The number of rotatable bonds is 2. The van der Waals surface area contributed by atoms with Crippen molar-refractivity contribution in [3.63, 3.8) is 0 Å². The molecule has 0 radical (unpaired) electrons. The van der Waals surface area contributed by atoms with Crippen molar-refractivity contribution in [1.82, 2.24) is 20.2 Å². The number of fused-ring (bicyclic) bond motifs is 1. The molecular weight excluding hydrogens is 280 g/mol. The lowest BCUT2D eigenvalue weighted by molar-refractivity contribution is 0.0784. The molecule has 1 amide bonds. The highest BCUT2D eigenvalue weighted by Crippen LogP contribution is 2.29. The predicted molar refractivity (Wildman–Crippen MR) is 82.6 cm³/mol. The lowest BCUT2D eigenvalue weighted by atomic mass is 10.0. The fraction of sp³-hybridized carbons (Fsp3) is 0.667. The maximum Gasteiger partial charge on any atom is 0.274 e. The molecule has 0 saturated carbocycles. The van der Waals surface area contributed by atoms with Crippen LogP contribution in [0.15, 0.2) is 12.4 Å². The van der Waals surface area contributed by atoms with E-state index < -0.39 is 0 Å². The van der Waals surface area contributed by atoms with Gasteiger partial charge in [0, 0.05) is 45.3 Å². The maximum atomic E-state index is 12.3. The molecule has 3 atom stereocenters. The average Bonchev–Trinajstić information content (AvgIpc) is 3.22. The van der Waals surface area contributed by atoms with E-state index in [-0.39, 0.29) is 11.9 Å². The van der Waals surface area contributed by atoms with Crippen LogP contribution in [0.5, 0.6) is 0 Å². The Bertz CT molecular complexity index is 550. The summed E-state index contributed by atoms with van der Waals surface area (Å²) in [5.41, 5.74) is 6.27. The number of hydrogen-bond donors (Lipinski definition) is 2. The van der Waals surface area contributed by atoms with Gasteiger partial charge in [0.05, 0.1) is 12.4 Å². The van der Waals surface area contributed by atoms with Crippen molar-refractivity contribution >= 4 is 11.7 Å². The van der Waals surface area contributed by atoms with Crippen LogP contribution in [0.4, 0.5) is 5.82 Å². The fourth-order valence-corrected chi connectivity index (χ4v) is 3.77. The van der Waals surface area contributed by atoms with E-state index in [0.717, 1.165) is 38.4 Å². The van der Waals surface area contributed by atoms with E-state index in [1.54, 1.807) is 17.3 Å². The van der Waals surface area contributed by atoms with Gasteiger partial charge in [0.1, 0.15) is 11.5 Å². The monoisotopic (exact) mass is 302 g/mol. The molecule has 4 rings (SSSR count). The average molecular weight is 302 g/mol. The lowest BCUT2D eigenvalue weighted by Gasteiger charge is -2.19. The summed E-state index contributed by atoms with van der Waals surface area (Å²) < 4.78 is 0. The second-order valence-electron chi connectivity index (χ2n) is 6.64. The zero-order valence-corrected chi connectivity index (χ0v) is 12.6. The van der Waals surface area contributed by atoms with E-state index >= 15 is 0 Å². The molecule has 1 aromatic heterocycles. The van der Waals surface area contributed by atoms with Crippen molar-refractivity contribution in [3.8, 4) is 0 Å². The SMILES string of the molecule is NC1CCN(C(=O)c2cnc(N3C[C@H]4CNC[C@H]4C3)cn2)C1. The van der Waals surface area contributed by atoms with E-state index in [2.05, 4.69) is 20.2 Å². The van der Waals surface area contributed by atoms with Gasteiger partial charge in [-0.2, -0.15) is 0 Å². The van der Waals surface area contributed by atoms with Crippen LogP contribution in [-0.2, 0) is 0 Å². The predicted octanol–water partition coefficient (Wildman–Crippen LogP) is -0.695. The van der Waals surface area contributed by atoms with Crippen LogP contribution in [0.25, 0.3) is 0 Å². The van der Waals surface area contributed by atoms with Gasteiger partial charge in [0.25, 0.3) is 5.91 Å². The van der Waals surface area contributed by atoms with Crippen molar-refractivity contribution in [2.45, 2.75) is 12.5 Å². The Balaban J connectivity index is 1.43. The Morgan fingerprint density at radius 3 is 2.55 bits per heavy atom. The second kappa shape index (κ2) is 5.48. The summed E-state index contributed by atoms with van der Waals surface area (Å²) in [6.07, 6.45) is 4.20. The summed E-state index contributed by atoms with van der Waals surface area (Å²) in [4.78, 5) is 25.2. The molecule has 0 aromatic carbocycles. The number of amides is 1. The molecule has 1 unspecified atom stereocenters. The van der Waals surface area contributed by atoms with Crippen LogP contribution < -0.4 is 16.0 Å². The quantitative estimate of drug-likeness (QED) is 0.751. The first-order chi connectivity index (χ1) is 10.7. The van der Waals surface area contributed by atoms with Gasteiger partial charge in [-0.3, -0.25) is 4.79 Å². The van der Waals surface area contributed by atoms with Crippen LogP contribution in [0, 0.1) is 11.8 Å². The fourth-order valence-electron chi connectivity index (χ4n) is 3.77. The van der Waals surface area contributed by atoms with Crippen molar-refractivity contribution in [2.75, 3.05) is 44.2 Å². The van der Waals surface area contributed by atoms with E-state index in [1.165, 1.54) is 0 Å². The number of nitrogens with two attached hydrogens (primary N) is 1. The van der Waals surface area contributed by atoms with Gasteiger partial charge in [0.15, 0.2) is 0 Å². The van der Waals surface area contributed by atoms with Crippen LogP contribution in [0.2, 0.25) is 0 Å². The number of nitrogens with zero attached hydrogens (tertiary/aromatic N) is 4. The molecule has 22 heavy (non-hydrogen) atoms. The first kappa shape index (κ1) is 13.9. The van der Waals surface area contributed by atoms with E-state index in [4.69, 9.17) is 5.73 Å². The second-order valence-corrected chi connectivity index (χ2v) is 6.64.